The van der Waals surface area contributed by atoms with Crippen LogP contribution in [0.2, 0.25) is 0 Å². The Morgan fingerprint density at radius 3 is 2.89 bits per heavy atom. The predicted molar refractivity (Wildman–Crippen MR) is 75.5 cm³/mol. The molecule has 0 aromatic rings. The molecule has 3 aliphatic rings. The van der Waals surface area contributed by atoms with E-state index < -0.39 is 0 Å². The summed E-state index contributed by atoms with van der Waals surface area (Å²) in [5, 5.41) is 3.87. The Morgan fingerprint density at radius 1 is 1.33 bits per heavy atom. The van der Waals surface area contributed by atoms with Gasteiger partial charge in [0.25, 0.3) is 0 Å². The molecule has 0 bridgehead atoms. The molecule has 0 amide bonds. The molecule has 2 aliphatic heterocycles. The van der Waals surface area contributed by atoms with E-state index >= 15 is 0 Å². The molecule has 3 heteroatoms. The lowest BCUT2D eigenvalue weighted by molar-refractivity contribution is 0.107. The third-order valence-electron chi connectivity index (χ3n) is 5.62. The van der Waals surface area contributed by atoms with Gasteiger partial charge >= 0.3 is 0 Å². The molecule has 0 spiro atoms. The molecule has 1 aliphatic carbocycles. The third-order valence-corrected chi connectivity index (χ3v) is 5.62. The molecule has 3 N–H and O–H groups in total. The largest absolute Gasteiger partial charge is 0.329 e. The van der Waals surface area contributed by atoms with Crippen molar-refractivity contribution < 1.29 is 0 Å². The Bertz CT molecular complexity index is 289. The maximum atomic E-state index is 6.12. The molecule has 3 nitrogen and oxygen atoms in total. The maximum absolute atomic E-state index is 6.12. The van der Waals surface area contributed by atoms with E-state index in [1.165, 1.54) is 58.2 Å². The fourth-order valence-corrected chi connectivity index (χ4v) is 3.96. The predicted octanol–water partition coefficient (Wildman–Crippen LogP) is 1.58. The van der Waals surface area contributed by atoms with Crippen molar-refractivity contribution in [3.63, 3.8) is 0 Å². The molecular formula is C15H29N3. The van der Waals surface area contributed by atoms with Crippen LogP contribution in [0, 0.1) is 11.8 Å². The molecule has 3 atom stereocenters. The SMILES string of the molecule is CC(CNC1(CN)CCN2CCCC2C1)C1CC1. The van der Waals surface area contributed by atoms with Gasteiger partial charge in [0.1, 0.15) is 0 Å². The highest BCUT2D eigenvalue weighted by molar-refractivity contribution is 5.01. The van der Waals surface area contributed by atoms with Crippen LogP contribution in [0.15, 0.2) is 0 Å². The van der Waals surface area contributed by atoms with Crippen molar-refractivity contribution in [2.45, 2.75) is 57.0 Å². The lowest BCUT2D eigenvalue weighted by atomic mass is 9.82. The number of rotatable bonds is 5. The van der Waals surface area contributed by atoms with Crippen molar-refractivity contribution in [1.29, 1.82) is 0 Å². The van der Waals surface area contributed by atoms with Gasteiger partial charge in [-0.2, -0.15) is 0 Å². The number of nitrogens with zero attached hydrogens (tertiary/aromatic N) is 1. The average Bonchev–Trinajstić information content (AvgIpc) is 3.15. The summed E-state index contributed by atoms with van der Waals surface area (Å²) < 4.78 is 0. The van der Waals surface area contributed by atoms with Gasteiger partial charge < -0.3 is 16.0 Å². The van der Waals surface area contributed by atoms with Gasteiger partial charge in [-0.1, -0.05) is 6.92 Å². The third kappa shape index (κ3) is 2.59. The van der Waals surface area contributed by atoms with Crippen molar-refractivity contribution in [1.82, 2.24) is 10.2 Å². The summed E-state index contributed by atoms with van der Waals surface area (Å²) >= 11 is 0. The summed E-state index contributed by atoms with van der Waals surface area (Å²) in [5.74, 6) is 1.84. The molecule has 0 aromatic heterocycles. The van der Waals surface area contributed by atoms with E-state index in [1.54, 1.807) is 0 Å². The first kappa shape index (κ1) is 12.9. The Kier molecular flexibility index (Phi) is 3.65. The summed E-state index contributed by atoms with van der Waals surface area (Å²) in [5.41, 5.74) is 6.36. The van der Waals surface area contributed by atoms with E-state index in [0.29, 0.717) is 0 Å². The average molecular weight is 251 g/mol. The van der Waals surface area contributed by atoms with Crippen LogP contribution in [0.3, 0.4) is 0 Å². The van der Waals surface area contributed by atoms with Gasteiger partial charge in [-0.25, -0.2) is 0 Å². The molecule has 0 aromatic carbocycles. The molecule has 3 unspecified atom stereocenters. The lowest BCUT2D eigenvalue weighted by Crippen LogP contribution is -2.60. The topological polar surface area (TPSA) is 41.3 Å². The van der Waals surface area contributed by atoms with Crippen molar-refractivity contribution in [3.05, 3.63) is 0 Å². The van der Waals surface area contributed by atoms with E-state index in [1.807, 2.05) is 0 Å². The highest BCUT2D eigenvalue weighted by Crippen LogP contribution is 2.37. The number of piperidine rings is 1. The lowest BCUT2D eigenvalue weighted by Gasteiger charge is -2.45. The van der Waals surface area contributed by atoms with Crippen LogP contribution in [-0.4, -0.2) is 42.7 Å². The van der Waals surface area contributed by atoms with Crippen LogP contribution in [0.25, 0.3) is 0 Å². The zero-order valence-electron chi connectivity index (χ0n) is 11.8. The summed E-state index contributed by atoms with van der Waals surface area (Å²) in [6.45, 7) is 6.97. The first-order chi connectivity index (χ1) is 8.72. The highest BCUT2D eigenvalue weighted by atomic mass is 15.2. The highest BCUT2D eigenvalue weighted by Gasteiger charge is 2.41. The van der Waals surface area contributed by atoms with Crippen molar-refractivity contribution >= 4 is 0 Å². The first-order valence-electron chi connectivity index (χ1n) is 7.92. The number of hydrogen-bond donors (Lipinski definition) is 2. The Hall–Kier alpha value is -0.120. The Morgan fingerprint density at radius 2 is 2.17 bits per heavy atom. The van der Waals surface area contributed by atoms with Gasteiger partial charge in [0.2, 0.25) is 0 Å². The molecule has 3 rings (SSSR count). The van der Waals surface area contributed by atoms with Crippen LogP contribution in [-0.2, 0) is 0 Å². The number of fused-ring (bicyclic) bond motifs is 1. The van der Waals surface area contributed by atoms with Gasteiger partial charge in [-0.05, 0) is 63.5 Å². The standard InChI is InChI=1S/C15H29N3/c1-12(13-4-5-13)10-17-15(11-16)6-8-18-7-2-3-14(18)9-15/h12-14,17H,2-11,16H2,1H3. The Balaban J connectivity index is 1.55. The number of hydrogen-bond acceptors (Lipinski definition) is 3. The van der Waals surface area contributed by atoms with Crippen molar-refractivity contribution in [2.24, 2.45) is 17.6 Å². The second-order valence-electron chi connectivity index (χ2n) is 6.97. The van der Waals surface area contributed by atoms with Crippen LogP contribution < -0.4 is 11.1 Å². The minimum atomic E-state index is 0.245. The summed E-state index contributed by atoms with van der Waals surface area (Å²) in [6, 6.07) is 0.811. The summed E-state index contributed by atoms with van der Waals surface area (Å²) in [4.78, 5) is 2.68. The molecule has 2 heterocycles. The van der Waals surface area contributed by atoms with E-state index in [-0.39, 0.29) is 5.54 Å². The monoisotopic (exact) mass is 251 g/mol. The molecule has 2 saturated heterocycles. The fraction of sp³-hybridized carbons (Fsp3) is 1.00. The van der Waals surface area contributed by atoms with Gasteiger partial charge in [0.15, 0.2) is 0 Å². The van der Waals surface area contributed by atoms with Gasteiger partial charge in [0, 0.05) is 24.7 Å². The quantitative estimate of drug-likeness (QED) is 0.779. The zero-order valence-corrected chi connectivity index (χ0v) is 11.8. The molecular weight excluding hydrogens is 222 g/mol. The number of nitrogens with two attached hydrogens (primary N) is 1. The molecule has 104 valence electrons. The zero-order chi connectivity index (χ0) is 12.6. The van der Waals surface area contributed by atoms with E-state index in [9.17, 15) is 0 Å². The molecule has 0 radical (unpaired) electrons. The van der Waals surface area contributed by atoms with Crippen molar-refractivity contribution in [3.8, 4) is 0 Å². The van der Waals surface area contributed by atoms with Crippen LogP contribution in [0.5, 0.6) is 0 Å². The minimum Gasteiger partial charge on any atom is -0.329 e. The van der Waals surface area contributed by atoms with E-state index in [0.717, 1.165) is 24.4 Å². The maximum Gasteiger partial charge on any atom is 0.0331 e. The second-order valence-corrected chi connectivity index (χ2v) is 6.97. The smallest absolute Gasteiger partial charge is 0.0331 e. The molecule has 3 fully saturated rings. The van der Waals surface area contributed by atoms with Crippen LogP contribution in [0.1, 0.15) is 45.4 Å². The summed E-state index contributed by atoms with van der Waals surface area (Å²) in [7, 11) is 0. The van der Waals surface area contributed by atoms with Gasteiger partial charge in [-0.3, -0.25) is 0 Å². The first-order valence-corrected chi connectivity index (χ1v) is 7.92. The molecule has 18 heavy (non-hydrogen) atoms. The van der Waals surface area contributed by atoms with Crippen molar-refractivity contribution in [2.75, 3.05) is 26.2 Å². The van der Waals surface area contributed by atoms with E-state index in [4.69, 9.17) is 5.73 Å². The normalized spacial score (nSPS) is 38.7. The minimum absolute atomic E-state index is 0.245. The summed E-state index contributed by atoms with van der Waals surface area (Å²) in [6.07, 6.45) is 8.22. The Labute approximate surface area is 111 Å². The second kappa shape index (κ2) is 5.10. The van der Waals surface area contributed by atoms with Gasteiger partial charge in [-0.15, -0.1) is 0 Å². The van der Waals surface area contributed by atoms with Crippen LogP contribution >= 0.6 is 0 Å². The van der Waals surface area contributed by atoms with Crippen LogP contribution in [0.4, 0.5) is 0 Å². The van der Waals surface area contributed by atoms with E-state index in [2.05, 4.69) is 17.1 Å². The molecule has 1 saturated carbocycles. The van der Waals surface area contributed by atoms with Gasteiger partial charge in [0.05, 0.1) is 0 Å². The fourth-order valence-electron chi connectivity index (χ4n) is 3.96. The number of nitrogens with one attached hydrogen (secondary N) is 1.